The summed E-state index contributed by atoms with van der Waals surface area (Å²) in [4.78, 5) is 12.6. The van der Waals surface area contributed by atoms with E-state index in [9.17, 15) is 13.2 Å². The Balaban J connectivity index is 1.84. The van der Waals surface area contributed by atoms with E-state index in [0.29, 0.717) is 20.6 Å². The molecular formula is C21H16Cl3N3O3S. The number of hydrogen-bond donors (Lipinski definition) is 1. The molecule has 0 heterocycles. The Kier molecular flexibility index (Phi) is 7.56. The molecule has 31 heavy (non-hydrogen) atoms. The molecule has 3 aromatic rings. The molecule has 3 aromatic carbocycles. The molecular weight excluding hydrogens is 481 g/mol. The lowest BCUT2D eigenvalue weighted by Gasteiger charge is -2.23. The van der Waals surface area contributed by atoms with Crippen molar-refractivity contribution in [3.63, 3.8) is 0 Å². The van der Waals surface area contributed by atoms with Gasteiger partial charge in [0.2, 0.25) is 0 Å². The highest BCUT2D eigenvalue weighted by atomic mass is 35.5. The van der Waals surface area contributed by atoms with Crippen LogP contribution in [-0.2, 0) is 14.8 Å². The first kappa shape index (κ1) is 23.1. The lowest BCUT2D eigenvalue weighted by atomic mass is 10.2. The fourth-order valence-corrected chi connectivity index (χ4v) is 4.67. The minimum absolute atomic E-state index is 0.0455. The van der Waals surface area contributed by atoms with Gasteiger partial charge < -0.3 is 0 Å². The van der Waals surface area contributed by atoms with Gasteiger partial charge in [-0.1, -0.05) is 59.1 Å². The van der Waals surface area contributed by atoms with E-state index in [1.807, 2.05) is 0 Å². The van der Waals surface area contributed by atoms with Gasteiger partial charge in [-0.25, -0.2) is 13.8 Å². The van der Waals surface area contributed by atoms with E-state index in [2.05, 4.69) is 10.5 Å². The van der Waals surface area contributed by atoms with E-state index >= 15 is 0 Å². The molecule has 0 aliphatic heterocycles. The molecule has 0 fully saturated rings. The largest absolute Gasteiger partial charge is 0.271 e. The zero-order chi connectivity index (χ0) is 22.4. The molecule has 3 rings (SSSR count). The zero-order valence-electron chi connectivity index (χ0n) is 15.9. The Hall–Kier alpha value is -2.58. The number of hydrazone groups is 1. The van der Waals surface area contributed by atoms with Gasteiger partial charge in [-0.05, 0) is 48.5 Å². The number of rotatable bonds is 7. The summed E-state index contributed by atoms with van der Waals surface area (Å²) in [5.41, 5.74) is 3.01. The molecule has 0 bridgehead atoms. The van der Waals surface area contributed by atoms with Crippen LogP contribution in [0.1, 0.15) is 5.56 Å². The molecule has 0 saturated heterocycles. The average Bonchev–Trinajstić information content (AvgIpc) is 2.75. The minimum atomic E-state index is -4.02. The van der Waals surface area contributed by atoms with Crippen LogP contribution in [0, 0.1) is 0 Å². The molecule has 0 aromatic heterocycles. The second-order valence-corrected chi connectivity index (χ2v) is 9.34. The Morgan fingerprint density at radius 3 is 2.13 bits per heavy atom. The normalized spacial score (nSPS) is 11.5. The maximum Gasteiger partial charge on any atom is 0.264 e. The van der Waals surface area contributed by atoms with Crippen molar-refractivity contribution in [2.24, 2.45) is 5.10 Å². The smallest absolute Gasteiger partial charge is 0.264 e. The van der Waals surface area contributed by atoms with Crippen molar-refractivity contribution in [3.05, 3.63) is 93.4 Å². The maximum absolute atomic E-state index is 13.2. The molecule has 10 heteroatoms. The number of nitrogens with one attached hydrogen (secondary N) is 1. The number of nitrogens with zero attached hydrogens (tertiary/aromatic N) is 2. The van der Waals surface area contributed by atoms with E-state index in [1.54, 1.807) is 48.5 Å². The van der Waals surface area contributed by atoms with Crippen LogP contribution in [0.25, 0.3) is 0 Å². The molecule has 0 unspecified atom stereocenters. The van der Waals surface area contributed by atoms with Crippen molar-refractivity contribution in [2.45, 2.75) is 4.90 Å². The van der Waals surface area contributed by atoms with Crippen molar-refractivity contribution < 1.29 is 13.2 Å². The molecule has 160 valence electrons. The van der Waals surface area contributed by atoms with Gasteiger partial charge in [0.25, 0.3) is 15.9 Å². The van der Waals surface area contributed by atoms with Crippen molar-refractivity contribution in [1.29, 1.82) is 0 Å². The van der Waals surface area contributed by atoms with E-state index in [4.69, 9.17) is 34.8 Å². The summed E-state index contributed by atoms with van der Waals surface area (Å²) >= 11 is 18.0. The van der Waals surface area contributed by atoms with E-state index in [1.165, 1.54) is 30.5 Å². The van der Waals surface area contributed by atoms with Gasteiger partial charge in [-0.2, -0.15) is 5.10 Å². The van der Waals surface area contributed by atoms with Crippen LogP contribution in [-0.4, -0.2) is 27.1 Å². The third-order valence-electron chi connectivity index (χ3n) is 4.12. The van der Waals surface area contributed by atoms with Crippen molar-refractivity contribution in [1.82, 2.24) is 5.43 Å². The summed E-state index contributed by atoms with van der Waals surface area (Å²) in [5, 5.41) is 5.00. The molecule has 0 atom stereocenters. The number of carbonyl (C=O) groups is 1. The first-order valence-corrected chi connectivity index (χ1v) is 11.5. The third kappa shape index (κ3) is 5.77. The van der Waals surface area contributed by atoms with Crippen LogP contribution in [0.2, 0.25) is 15.1 Å². The number of amides is 1. The number of carbonyl (C=O) groups excluding carboxylic acids is 1. The van der Waals surface area contributed by atoms with Gasteiger partial charge in [-0.15, -0.1) is 0 Å². The summed E-state index contributed by atoms with van der Waals surface area (Å²) in [6.07, 6.45) is 1.29. The topological polar surface area (TPSA) is 78.8 Å². The van der Waals surface area contributed by atoms with Gasteiger partial charge in [0.05, 0.1) is 26.8 Å². The van der Waals surface area contributed by atoms with E-state index in [0.717, 1.165) is 4.31 Å². The van der Waals surface area contributed by atoms with Gasteiger partial charge >= 0.3 is 0 Å². The van der Waals surface area contributed by atoms with E-state index < -0.39 is 22.5 Å². The molecule has 0 saturated carbocycles. The number of anilines is 1. The molecule has 0 aliphatic carbocycles. The lowest BCUT2D eigenvalue weighted by Crippen LogP contribution is -2.39. The lowest BCUT2D eigenvalue weighted by molar-refractivity contribution is -0.119. The van der Waals surface area contributed by atoms with Crippen LogP contribution < -0.4 is 9.73 Å². The summed E-state index contributed by atoms with van der Waals surface area (Å²) in [6.45, 7) is -0.507. The van der Waals surface area contributed by atoms with Crippen LogP contribution in [0.4, 0.5) is 5.69 Å². The molecule has 0 spiro atoms. The molecule has 6 nitrogen and oxygen atoms in total. The highest BCUT2D eigenvalue weighted by molar-refractivity contribution is 7.92. The van der Waals surface area contributed by atoms with E-state index in [-0.39, 0.29) is 10.6 Å². The zero-order valence-corrected chi connectivity index (χ0v) is 19.0. The molecule has 0 radical (unpaired) electrons. The van der Waals surface area contributed by atoms with Crippen LogP contribution >= 0.6 is 34.8 Å². The number of sulfonamides is 1. The minimum Gasteiger partial charge on any atom is -0.271 e. The Morgan fingerprint density at radius 2 is 1.52 bits per heavy atom. The van der Waals surface area contributed by atoms with Crippen LogP contribution in [0.3, 0.4) is 0 Å². The third-order valence-corrected chi connectivity index (χ3v) is 6.81. The predicted molar refractivity (Wildman–Crippen MR) is 125 cm³/mol. The monoisotopic (exact) mass is 495 g/mol. The average molecular weight is 497 g/mol. The van der Waals surface area contributed by atoms with Crippen molar-refractivity contribution in [3.8, 4) is 0 Å². The van der Waals surface area contributed by atoms with Crippen LogP contribution in [0.5, 0.6) is 0 Å². The quantitative estimate of drug-likeness (QED) is 0.370. The molecule has 1 N–H and O–H groups in total. The first-order chi connectivity index (χ1) is 14.8. The van der Waals surface area contributed by atoms with Gasteiger partial charge in [-0.3, -0.25) is 9.10 Å². The fraction of sp³-hybridized carbons (Fsp3) is 0.0476. The van der Waals surface area contributed by atoms with Crippen molar-refractivity contribution >= 4 is 62.6 Å². The highest BCUT2D eigenvalue weighted by Gasteiger charge is 2.27. The number of halogens is 3. The van der Waals surface area contributed by atoms with Gasteiger partial charge in [0.15, 0.2) is 0 Å². The molecule has 0 aliphatic rings. The Bertz CT molecular complexity index is 1180. The highest BCUT2D eigenvalue weighted by Crippen LogP contribution is 2.25. The Labute approximate surface area is 195 Å². The molecule has 1 amide bonds. The summed E-state index contributed by atoms with van der Waals surface area (Å²) < 4.78 is 27.3. The first-order valence-electron chi connectivity index (χ1n) is 8.88. The van der Waals surface area contributed by atoms with Gasteiger partial charge in [0.1, 0.15) is 6.54 Å². The maximum atomic E-state index is 13.2. The fourth-order valence-electron chi connectivity index (χ4n) is 2.61. The predicted octanol–water partition coefficient (Wildman–Crippen LogP) is 4.99. The number of hydrogen-bond acceptors (Lipinski definition) is 4. The van der Waals surface area contributed by atoms with Gasteiger partial charge in [0, 0.05) is 10.6 Å². The number of benzene rings is 3. The van der Waals surface area contributed by atoms with Crippen molar-refractivity contribution in [2.75, 3.05) is 10.8 Å². The SMILES string of the molecule is O=C(CN(c1ccc(Cl)cc1)S(=O)(=O)c1ccccc1)N/N=C/c1c(Cl)cccc1Cl. The summed E-state index contributed by atoms with van der Waals surface area (Å²) in [6, 6.07) is 18.9. The second kappa shape index (κ2) is 10.2. The standard InChI is InChI=1S/C21H16Cl3N3O3S/c22-15-9-11-16(12-10-15)27(31(29,30)17-5-2-1-3-6-17)14-21(28)26-25-13-18-19(23)7-4-8-20(18)24/h1-13H,14H2,(H,26,28)/b25-13+. The second-order valence-electron chi connectivity index (χ2n) is 6.23. The Morgan fingerprint density at radius 1 is 0.903 bits per heavy atom. The van der Waals surface area contributed by atoms with Crippen LogP contribution in [0.15, 0.2) is 82.8 Å². The summed E-state index contributed by atoms with van der Waals surface area (Å²) in [7, 11) is -4.02. The summed E-state index contributed by atoms with van der Waals surface area (Å²) in [5.74, 6) is -0.658.